The molecule has 0 bridgehead atoms. The summed E-state index contributed by atoms with van der Waals surface area (Å²) in [6.45, 7) is 2.77. The van der Waals surface area contributed by atoms with Crippen molar-refractivity contribution in [2.45, 2.75) is 6.42 Å². The second kappa shape index (κ2) is 9.00. The fraction of sp³-hybridized carbons (Fsp3) is 0.900. The van der Waals surface area contributed by atoms with Crippen molar-refractivity contribution in [2.24, 2.45) is 0 Å². The summed E-state index contributed by atoms with van der Waals surface area (Å²) in [5, 5.41) is 8.75. The number of carboxylic acids is 1. The Morgan fingerprint density at radius 2 is 1.93 bits per heavy atom. The Morgan fingerprint density at radius 1 is 1.27 bits per heavy atom. The summed E-state index contributed by atoms with van der Waals surface area (Å²) in [4.78, 5) is 14.7. The predicted octanol–water partition coefficient (Wildman–Crippen LogP) is 0.688. The molecule has 0 aliphatic carbocycles. The zero-order valence-corrected chi connectivity index (χ0v) is 10.7. The molecule has 0 fully saturated rings. The lowest BCUT2D eigenvalue weighted by Crippen LogP contribution is -2.36. The molecule has 4 nitrogen and oxygen atoms in total. The lowest BCUT2D eigenvalue weighted by molar-refractivity contribution is -0.138. The van der Waals surface area contributed by atoms with Crippen molar-refractivity contribution in [1.29, 1.82) is 0 Å². The van der Waals surface area contributed by atoms with Crippen molar-refractivity contribution in [2.75, 3.05) is 52.3 Å². The number of carbonyl (C=O) groups is 1. The fourth-order valence-electron chi connectivity index (χ4n) is 1.24. The number of aliphatic carboxylic acids is 1. The number of carboxylic acid groups (broad SMARTS) is 1. The van der Waals surface area contributed by atoms with E-state index in [9.17, 15) is 4.79 Å². The molecule has 0 aromatic carbocycles. The number of hydrogen-bond acceptors (Lipinski definition) is 4. The van der Waals surface area contributed by atoms with Crippen LogP contribution in [0.25, 0.3) is 0 Å². The molecule has 0 atom stereocenters. The van der Waals surface area contributed by atoms with Gasteiger partial charge in [0.2, 0.25) is 0 Å². The van der Waals surface area contributed by atoms with Crippen LogP contribution in [0.15, 0.2) is 0 Å². The normalized spacial score (nSPS) is 11.3. The van der Waals surface area contributed by atoms with Crippen LogP contribution in [-0.2, 0) is 4.79 Å². The topological polar surface area (TPSA) is 43.8 Å². The molecular formula is C10H22N2O2S. The van der Waals surface area contributed by atoms with E-state index >= 15 is 0 Å². The summed E-state index contributed by atoms with van der Waals surface area (Å²) in [6, 6.07) is 0. The number of nitrogens with zero attached hydrogens (tertiary/aromatic N) is 2. The predicted molar refractivity (Wildman–Crippen MR) is 65.6 cm³/mol. The summed E-state index contributed by atoms with van der Waals surface area (Å²) in [5.41, 5.74) is 0. The quantitative estimate of drug-likeness (QED) is 0.595. The zero-order valence-electron chi connectivity index (χ0n) is 9.90. The average Bonchev–Trinajstić information content (AvgIpc) is 2.13. The Morgan fingerprint density at radius 3 is 2.40 bits per heavy atom. The van der Waals surface area contributed by atoms with Gasteiger partial charge in [-0.15, -0.1) is 0 Å². The van der Waals surface area contributed by atoms with Crippen LogP contribution in [0.2, 0.25) is 0 Å². The molecule has 15 heavy (non-hydrogen) atoms. The molecule has 0 heterocycles. The maximum Gasteiger partial charge on any atom is 0.317 e. The van der Waals surface area contributed by atoms with E-state index in [-0.39, 0.29) is 6.54 Å². The van der Waals surface area contributed by atoms with Crippen LogP contribution in [0.4, 0.5) is 0 Å². The zero-order chi connectivity index (χ0) is 11.7. The molecule has 0 spiro atoms. The van der Waals surface area contributed by atoms with E-state index in [4.69, 9.17) is 5.11 Å². The van der Waals surface area contributed by atoms with Gasteiger partial charge in [0.05, 0.1) is 6.54 Å². The molecule has 0 saturated heterocycles. The molecule has 0 saturated carbocycles. The minimum Gasteiger partial charge on any atom is -0.480 e. The van der Waals surface area contributed by atoms with Crippen molar-refractivity contribution in [1.82, 2.24) is 9.80 Å². The molecule has 5 heteroatoms. The highest BCUT2D eigenvalue weighted by Crippen LogP contribution is 1.98. The molecular weight excluding hydrogens is 212 g/mol. The van der Waals surface area contributed by atoms with Gasteiger partial charge in [-0.05, 0) is 39.1 Å². The van der Waals surface area contributed by atoms with Gasteiger partial charge in [-0.3, -0.25) is 9.69 Å². The molecule has 90 valence electrons. The van der Waals surface area contributed by atoms with E-state index in [0.717, 1.165) is 31.8 Å². The SMILES string of the molecule is CSCCCN(CCN(C)C)CC(=O)O. The first-order valence-corrected chi connectivity index (χ1v) is 6.53. The molecule has 0 aromatic heterocycles. The third-order valence-electron chi connectivity index (χ3n) is 2.05. The van der Waals surface area contributed by atoms with E-state index in [1.54, 1.807) is 11.8 Å². The van der Waals surface area contributed by atoms with Gasteiger partial charge in [0.25, 0.3) is 0 Å². The second-order valence-corrected chi connectivity index (χ2v) is 4.81. The number of hydrogen-bond donors (Lipinski definition) is 1. The first-order chi connectivity index (χ1) is 7.06. The third kappa shape index (κ3) is 10.0. The standard InChI is InChI=1S/C10H22N2O2S/c1-11(2)6-7-12(9-10(13)14)5-4-8-15-3/h4-9H2,1-3H3,(H,13,14). The summed E-state index contributed by atoms with van der Waals surface area (Å²) < 4.78 is 0. The highest BCUT2D eigenvalue weighted by molar-refractivity contribution is 7.98. The van der Waals surface area contributed by atoms with Crippen molar-refractivity contribution < 1.29 is 9.90 Å². The van der Waals surface area contributed by atoms with Crippen molar-refractivity contribution in [3.8, 4) is 0 Å². The smallest absolute Gasteiger partial charge is 0.317 e. The van der Waals surface area contributed by atoms with Gasteiger partial charge < -0.3 is 10.0 Å². The lowest BCUT2D eigenvalue weighted by atomic mass is 10.4. The molecule has 0 rings (SSSR count). The number of likely N-dealkylation sites (N-methyl/N-ethyl adjacent to an activating group) is 1. The Kier molecular flexibility index (Phi) is 8.85. The van der Waals surface area contributed by atoms with Crippen molar-refractivity contribution in [3.63, 3.8) is 0 Å². The second-order valence-electron chi connectivity index (χ2n) is 3.82. The van der Waals surface area contributed by atoms with Gasteiger partial charge in [0, 0.05) is 13.1 Å². The van der Waals surface area contributed by atoms with Gasteiger partial charge in [-0.1, -0.05) is 0 Å². The lowest BCUT2D eigenvalue weighted by Gasteiger charge is -2.21. The van der Waals surface area contributed by atoms with Gasteiger partial charge in [0.15, 0.2) is 0 Å². The first-order valence-electron chi connectivity index (χ1n) is 5.14. The molecule has 1 N–H and O–H groups in total. The maximum atomic E-state index is 10.6. The Balaban J connectivity index is 3.78. The van der Waals surface area contributed by atoms with E-state index in [2.05, 4.69) is 11.2 Å². The largest absolute Gasteiger partial charge is 0.480 e. The highest BCUT2D eigenvalue weighted by Gasteiger charge is 2.08. The summed E-state index contributed by atoms with van der Waals surface area (Å²) in [6.07, 6.45) is 3.13. The van der Waals surface area contributed by atoms with Crippen LogP contribution in [-0.4, -0.2) is 73.2 Å². The Labute approximate surface area is 96.6 Å². The number of rotatable bonds is 9. The number of thioether (sulfide) groups is 1. The van der Waals surface area contributed by atoms with E-state index in [1.807, 2.05) is 19.0 Å². The summed E-state index contributed by atoms with van der Waals surface area (Å²) in [7, 11) is 4.00. The minimum atomic E-state index is -0.738. The van der Waals surface area contributed by atoms with Crippen LogP contribution >= 0.6 is 11.8 Å². The average molecular weight is 234 g/mol. The van der Waals surface area contributed by atoms with Crippen LogP contribution in [0, 0.1) is 0 Å². The monoisotopic (exact) mass is 234 g/mol. The summed E-state index contributed by atoms with van der Waals surface area (Å²) in [5.74, 6) is 0.357. The highest BCUT2D eigenvalue weighted by atomic mass is 32.2. The third-order valence-corrected chi connectivity index (χ3v) is 2.74. The van der Waals surface area contributed by atoms with E-state index in [1.165, 1.54) is 0 Å². The maximum absolute atomic E-state index is 10.6. The van der Waals surface area contributed by atoms with E-state index in [0.29, 0.717) is 0 Å². The van der Waals surface area contributed by atoms with E-state index < -0.39 is 5.97 Å². The van der Waals surface area contributed by atoms with Crippen LogP contribution in [0.3, 0.4) is 0 Å². The molecule has 0 aromatic rings. The van der Waals surface area contributed by atoms with Crippen molar-refractivity contribution in [3.05, 3.63) is 0 Å². The van der Waals surface area contributed by atoms with Crippen molar-refractivity contribution >= 4 is 17.7 Å². The first kappa shape index (κ1) is 14.7. The molecule has 0 aliphatic heterocycles. The summed E-state index contributed by atoms with van der Waals surface area (Å²) >= 11 is 1.80. The van der Waals surface area contributed by atoms with Gasteiger partial charge in [-0.2, -0.15) is 11.8 Å². The Hall–Kier alpha value is -0.260. The minimum absolute atomic E-state index is 0.155. The molecule has 0 unspecified atom stereocenters. The van der Waals surface area contributed by atoms with Crippen LogP contribution in [0.1, 0.15) is 6.42 Å². The van der Waals surface area contributed by atoms with Gasteiger partial charge >= 0.3 is 5.97 Å². The van der Waals surface area contributed by atoms with Gasteiger partial charge in [0.1, 0.15) is 0 Å². The Bertz CT molecular complexity index is 177. The van der Waals surface area contributed by atoms with Gasteiger partial charge in [-0.25, -0.2) is 0 Å². The molecule has 0 aliphatic rings. The van der Waals surface area contributed by atoms with Crippen LogP contribution in [0.5, 0.6) is 0 Å². The van der Waals surface area contributed by atoms with Crippen LogP contribution < -0.4 is 0 Å². The molecule has 0 amide bonds. The fourth-order valence-corrected chi connectivity index (χ4v) is 1.65. The molecule has 0 radical (unpaired) electrons.